The fraction of sp³-hybridized carbons (Fsp3) is 0.800. The van der Waals surface area contributed by atoms with Gasteiger partial charge in [0.1, 0.15) is 5.60 Å². The van der Waals surface area contributed by atoms with Crippen LogP contribution in [0.3, 0.4) is 0 Å². The molecule has 0 saturated heterocycles. The van der Waals surface area contributed by atoms with Crippen LogP contribution in [0.25, 0.3) is 0 Å². The Kier molecular flexibility index (Phi) is 3.27. The minimum Gasteiger partial charge on any atom is -0.479 e. The lowest BCUT2D eigenvalue weighted by Crippen LogP contribution is -2.48. The van der Waals surface area contributed by atoms with Gasteiger partial charge in [0.2, 0.25) is 0 Å². The molecule has 1 aliphatic carbocycles. The van der Waals surface area contributed by atoms with Crippen LogP contribution in [0.15, 0.2) is 0 Å². The quantitative estimate of drug-likeness (QED) is 0.803. The molecule has 1 fully saturated rings. The summed E-state index contributed by atoms with van der Waals surface area (Å²) in [4.78, 5) is 22.2. The smallest absolute Gasteiger partial charge is 0.408 e. The predicted octanol–water partition coefficient (Wildman–Crippen LogP) is 1.92. The molecule has 0 heterocycles. The average Bonchev–Trinajstić information content (AvgIpc) is 2.75. The van der Waals surface area contributed by atoms with Crippen molar-refractivity contribution in [3.05, 3.63) is 0 Å². The van der Waals surface area contributed by atoms with Crippen LogP contribution in [-0.4, -0.2) is 34.5 Å². The summed E-state index contributed by atoms with van der Waals surface area (Å²) in [6, 6.07) is 0. The summed E-state index contributed by atoms with van der Waals surface area (Å²) in [6.45, 7) is 4.57. The highest BCUT2D eigenvalue weighted by Gasteiger charge is 2.72. The Morgan fingerprint density at radius 1 is 1.33 bits per heavy atom. The van der Waals surface area contributed by atoms with Gasteiger partial charge in [0, 0.05) is 0 Å². The maximum Gasteiger partial charge on any atom is 0.408 e. The molecule has 0 aromatic carbocycles. The summed E-state index contributed by atoms with van der Waals surface area (Å²) in [7, 11) is 0. The molecule has 1 amide bonds. The number of aliphatic carboxylic acids is 1. The number of alkyl halides is 3. The number of carboxylic acids is 1. The lowest BCUT2D eigenvalue weighted by molar-refractivity contribution is -0.163. The minimum atomic E-state index is -4.66. The number of carboxylic acid groups (broad SMARTS) is 1. The van der Waals surface area contributed by atoms with Crippen molar-refractivity contribution in [2.75, 3.05) is 0 Å². The maximum atomic E-state index is 12.4. The molecular formula is C10H14F3NO4. The van der Waals surface area contributed by atoms with E-state index in [1.54, 1.807) is 5.32 Å². The second-order valence-corrected chi connectivity index (χ2v) is 5.20. The van der Waals surface area contributed by atoms with Gasteiger partial charge in [-0.3, -0.25) is 0 Å². The summed E-state index contributed by atoms with van der Waals surface area (Å²) < 4.78 is 42.0. The number of hydrogen-bond acceptors (Lipinski definition) is 3. The van der Waals surface area contributed by atoms with Crippen LogP contribution >= 0.6 is 0 Å². The van der Waals surface area contributed by atoms with Gasteiger partial charge in [-0.1, -0.05) is 0 Å². The van der Waals surface area contributed by atoms with E-state index < -0.39 is 41.7 Å². The van der Waals surface area contributed by atoms with Gasteiger partial charge in [-0.25, -0.2) is 9.59 Å². The third kappa shape index (κ3) is 3.05. The minimum absolute atomic E-state index is 0.676. The second-order valence-electron chi connectivity index (χ2n) is 5.20. The lowest BCUT2D eigenvalue weighted by atomic mass is 10.2. The molecule has 0 aromatic heterocycles. The highest BCUT2D eigenvalue weighted by Crippen LogP contribution is 2.53. The van der Waals surface area contributed by atoms with E-state index in [1.807, 2.05) is 0 Å². The van der Waals surface area contributed by atoms with Gasteiger partial charge in [0.15, 0.2) is 5.54 Å². The Hall–Kier alpha value is -1.47. The molecule has 104 valence electrons. The summed E-state index contributed by atoms with van der Waals surface area (Å²) in [5.74, 6) is -3.79. The van der Waals surface area contributed by atoms with E-state index in [2.05, 4.69) is 0 Å². The molecule has 0 aliphatic heterocycles. The zero-order valence-corrected chi connectivity index (χ0v) is 10.1. The molecule has 5 nitrogen and oxygen atoms in total. The zero-order valence-electron chi connectivity index (χ0n) is 10.1. The monoisotopic (exact) mass is 269 g/mol. The molecule has 2 atom stereocenters. The Labute approximate surface area is 101 Å². The topological polar surface area (TPSA) is 75.6 Å². The molecule has 0 aromatic rings. The van der Waals surface area contributed by atoms with E-state index in [1.165, 1.54) is 20.8 Å². The van der Waals surface area contributed by atoms with Crippen molar-refractivity contribution in [3.63, 3.8) is 0 Å². The first-order valence-corrected chi connectivity index (χ1v) is 5.20. The van der Waals surface area contributed by atoms with Gasteiger partial charge >= 0.3 is 18.2 Å². The van der Waals surface area contributed by atoms with Gasteiger partial charge in [-0.2, -0.15) is 13.2 Å². The number of rotatable bonds is 2. The van der Waals surface area contributed by atoms with Gasteiger partial charge < -0.3 is 15.2 Å². The van der Waals surface area contributed by atoms with Crippen molar-refractivity contribution in [1.82, 2.24) is 5.32 Å². The molecule has 1 rings (SSSR count). The molecule has 1 unspecified atom stereocenters. The van der Waals surface area contributed by atoms with Crippen LogP contribution in [0.4, 0.5) is 18.0 Å². The molecular weight excluding hydrogens is 255 g/mol. The number of ether oxygens (including phenoxy) is 1. The molecule has 1 saturated carbocycles. The third-order valence-corrected chi connectivity index (χ3v) is 2.46. The third-order valence-electron chi connectivity index (χ3n) is 2.46. The molecule has 1 aliphatic rings. The molecule has 0 bridgehead atoms. The fourth-order valence-corrected chi connectivity index (χ4v) is 1.57. The molecule has 8 heteroatoms. The summed E-state index contributed by atoms with van der Waals surface area (Å²) in [6.07, 6.45) is -6.50. The summed E-state index contributed by atoms with van der Waals surface area (Å²) >= 11 is 0. The first kappa shape index (κ1) is 14.6. The van der Waals surface area contributed by atoms with Crippen molar-refractivity contribution in [3.8, 4) is 0 Å². The number of carbonyl (C=O) groups excluding carboxylic acids is 1. The van der Waals surface area contributed by atoms with Crippen molar-refractivity contribution in [1.29, 1.82) is 0 Å². The van der Waals surface area contributed by atoms with E-state index in [-0.39, 0.29) is 0 Å². The predicted molar refractivity (Wildman–Crippen MR) is 53.9 cm³/mol. The van der Waals surface area contributed by atoms with Crippen LogP contribution < -0.4 is 5.32 Å². The van der Waals surface area contributed by atoms with Crippen LogP contribution in [0.5, 0.6) is 0 Å². The molecule has 0 spiro atoms. The average molecular weight is 269 g/mol. The highest BCUT2D eigenvalue weighted by atomic mass is 19.4. The first-order valence-electron chi connectivity index (χ1n) is 5.20. The van der Waals surface area contributed by atoms with Crippen molar-refractivity contribution >= 4 is 12.1 Å². The largest absolute Gasteiger partial charge is 0.479 e. The van der Waals surface area contributed by atoms with E-state index in [4.69, 9.17) is 9.84 Å². The summed E-state index contributed by atoms with van der Waals surface area (Å²) in [5.41, 5.74) is -3.20. The van der Waals surface area contributed by atoms with E-state index >= 15 is 0 Å². The van der Waals surface area contributed by atoms with Gasteiger partial charge in [0.25, 0.3) is 0 Å². The van der Waals surface area contributed by atoms with Crippen molar-refractivity contribution in [2.45, 2.75) is 44.5 Å². The number of carbonyl (C=O) groups is 2. The van der Waals surface area contributed by atoms with Crippen molar-refractivity contribution < 1.29 is 32.6 Å². The number of halogens is 3. The fourth-order valence-electron chi connectivity index (χ4n) is 1.57. The van der Waals surface area contributed by atoms with E-state index in [0.717, 1.165) is 0 Å². The van der Waals surface area contributed by atoms with Crippen LogP contribution in [-0.2, 0) is 9.53 Å². The number of nitrogens with one attached hydrogen (secondary N) is 1. The van der Waals surface area contributed by atoms with Crippen LogP contribution in [0.1, 0.15) is 27.2 Å². The van der Waals surface area contributed by atoms with E-state index in [0.29, 0.717) is 0 Å². The normalized spacial score (nSPS) is 27.6. The standard InChI is InChI=1S/C10H14F3NO4/c1-8(2,3)18-7(17)14-9(6(15)16)4-5(9)10(11,12)13/h5H,4H2,1-3H3,(H,14,17)(H,15,16)/t5?,9-/m0/s1. The summed E-state index contributed by atoms with van der Waals surface area (Å²) in [5, 5.41) is 10.6. The molecule has 2 N–H and O–H groups in total. The Morgan fingerprint density at radius 3 is 2.11 bits per heavy atom. The highest BCUT2D eigenvalue weighted by molar-refractivity contribution is 5.88. The Balaban J connectivity index is 2.75. The molecule has 0 radical (unpaired) electrons. The Morgan fingerprint density at radius 2 is 1.83 bits per heavy atom. The SMILES string of the molecule is CC(C)(C)OC(=O)N[C@@]1(C(=O)O)CC1C(F)(F)F. The van der Waals surface area contributed by atoms with Gasteiger partial charge in [0.05, 0.1) is 5.92 Å². The number of hydrogen-bond donors (Lipinski definition) is 2. The van der Waals surface area contributed by atoms with E-state index in [9.17, 15) is 22.8 Å². The van der Waals surface area contributed by atoms with Gasteiger partial charge in [-0.15, -0.1) is 0 Å². The number of alkyl carbamates (subject to hydrolysis) is 1. The molecule has 18 heavy (non-hydrogen) atoms. The maximum absolute atomic E-state index is 12.4. The van der Waals surface area contributed by atoms with Crippen LogP contribution in [0, 0.1) is 5.92 Å². The zero-order chi connectivity index (χ0) is 14.4. The first-order chi connectivity index (χ1) is 7.88. The second kappa shape index (κ2) is 4.03. The number of amides is 1. The lowest BCUT2D eigenvalue weighted by Gasteiger charge is -2.22. The van der Waals surface area contributed by atoms with Crippen molar-refractivity contribution in [2.24, 2.45) is 5.92 Å². The van der Waals surface area contributed by atoms with Crippen LogP contribution in [0.2, 0.25) is 0 Å². The van der Waals surface area contributed by atoms with Gasteiger partial charge in [-0.05, 0) is 27.2 Å². The Bertz CT molecular complexity index is 374.